The van der Waals surface area contributed by atoms with E-state index in [1.165, 1.54) is 44.5 Å². The smallest absolute Gasteiger partial charge is 0.0401 e. The molecule has 2 heteroatoms. The highest BCUT2D eigenvalue weighted by Gasteiger charge is 2.36. The summed E-state index contributed by atoms with van der Waals surface area (Å²) in [6.07, 6.45) is 5.34. The average Bonchev–Trinajstić information content (AvgIpc) is 2.38. The maximum Gasteiger partial charge on any atom is 0.0401 e. The lowest BCUT2D eigenvalue weighted by Gasteiger charge is -2.48. The van der Waals surface area contributed by atoms with Crippen LogP contribution in [0.3, 0.4) is 0 Å². The Labute approximate surface area is 117 Å². The second-order valence-corrected chi connectivity index (χ2v) is 6.39. The van der Waals surface area contributed by atoms with E-state index in [4.69, 9.17) is 0 Å². The number of hydrogen-bond acceptors (Lipinski definition) is 2. The predicted octanol–water partition coefficient (Wildman–Crippen LogP) is 3.22. The molecule has 1 aromatic rings. The minimum atomic E-state index is 0.606. The van der Waals surface area contributed by atoms with Gasteiger partial charge in [0.15, 0.2) is 0 Å². The van der Waals surface area contributed by atoms with Gasteiger partial charge in [0.25, 0.3) is 0 Å². The van der Waals surface area contributed by atoms with E-state index < -0.39 is 0 Å². The zero-order chi connectivity index (χ0) is 13.2. The molecule has 0 bridgehead atoms. The highest BCUT2D eigenvalue weighted by molar-refractivity contribution is 5.56. The highest BCUT2D eigenvalue weighted by atomic mass is 15.2. The predicted molar refractivity (Wildman–Crippen MR) is 81.8 cm³/mol. The van der Waals surface area contributed by atoms with Crippen LogP contribution >= 0.6 is 0 Å². The molecule has 1 N–H and O–H groups in total. The van der Waals surface area contributed by atoms with Crippen LogP contribution in [0.15, 0.2) is 24.3 Å². The second-order valence-electron chi connectivity index (χ2n) is 6.39. The van der Waals surface area contributed by atoms with Gasteiger partial charge in [0, 0.05) is 30.9 Å². The van der Waals surface area contributed by atoms with E-state index in [1.807, 2.05) is 0 Å². The maximum absolute atomic E-state index is 3.61. The summed E-state index contributed by atoms with van der Waals surface area (Å²) in [7, 11) is 0. The molecule has 0 radical (unpaired) electrons. The Bertz CT molecular complexity index is 427. The molecule has 0 amide bonds. The third-order valence-corrected chi connectivity index (χ3v) is 4.71. The lowest BCUT2D eigenvalue weighted by atomic mass is 9.77. The molecule has 1 aromatic carbocycles. The van der Waals surface area contributed by atoms with Crippen molar-refractivity contribution in [1.29, 1.82) is 0 Å². The van der Waals surface area contributed by atoms with Gasteiger partial charge in [-0.25, -0.2) is 0 Å². The van der Waals surface area contributed by atoms with Gasteiger partial charge in [-0.15, -0.1) is 0 Å². The fourth-order valence-electron chi connectivity index (χ4n) is 3.49. The van der Waals surface area contributed by atoms with Crippen LogP contribution in [0.1, 0.15) is 38.7 Å². The Morgan fingerprint density at radius 1 is 1.26 bits per heavy atom. The first-order valence-electron chi connectivity index (χ1n) is 7.83. The third kappa shape index (κ3) is 2.64. The Hall–Kier alpha value is -1.02. The van der Waals surface area contributed by atoms with Crippen molar-refractivity contribution in [3.63, 3.8) is 0 Å². The lowest BCUT2D eigenvalue weighted by Crippen LogP contribution is -2.52. The number of fused-ring (bicyclic) bond motifs is 1. The van der Waals surface area contributed by atoms with Gasteiger partial charge in [-0.05, 0) is 43.2 Å². The van der Waals surface area contributed by atoms with E-state index in [1.54, 1.807) is 5.56 Å². The molecule has 1 aliphatic carbocycles. The van der Waals surface area contributed by atoms with E-state index in [9.17, 15) is 0 Å². The molecule has 1 saturated carbocycles. The van der Waals surface area contributed by atoms with Gasteiger partial charge in [0.2, 0.25) is 0 Å². The number of aryl methyl sites for hydroxylation is 1. The Kier molecular flexibility index (Phi) is 3.79. The molecule has 0 spiro atoms. The molecule has 0 saturated heterocycles. The maximum atomic E-state index is 3.61. The van der Waals surface area contributed by atoms with Crippen LogP contribution in [-0.4, -0.2) is 25.2 Å². The quantitative estimate of drug-likeness (QED) is 0.892. The number of nitrogens with zero attached hydrogens (tertiary/aromatic N) is 1. The number of benzene rings is 1. The molecule has 104 valence electrons. The van der Waals surface area contributed by atoms with Gasteiger partial charge in [-0.3, -0.25) is 0 Å². The van der Waals surface area contributed by atoms with Crippen molar-refractivity contribution >= 4 is 5.69 Å². The summed E-state index contributed by atoms with van der Waals surface area (Å²) in [5, 5.41) is 3.61. The Morgan fingerprint density at radius 3 is 2.84 bits per heavy atom. The molecule has 3 rings (SSSR count). The Morgan fingerprint density at radius 2 is 2.11 bits per heavy atom. The molecule has 0 aromatic heterocycles. The zero-order valence-corrected chi connectivity index (χ0v) is 12.2. The van der Waals surface area contributed by atoms with E-state index in [-0.39, 0.29) is 0 Å². The second kappa shape index (κ2) is 5.54. The summed E-state index contributed by atoms with van der Waals surface area (Å²) in [4.78, 5) is 2.69. The number of para-hydroxylation sites is 1. The standard InChI is InChI=1S/C17H26N2/c1-13(2)18-12-15-9-10-17(15)19-11-5-7-14-6-3-4-8-16(14)19/h3-4,6,8,13,15,17-18H,5,7,9-12H2,1-2H3. The fraction of sp³-hybridized carbons (Fsp3) is 0.647. The van der Waals surface area contributed by atoms with Crippen molar-refractivity contribution < 1.29 is 0 Å². The van der Waals surface area contributed by atoms with Crippen molar-refractivity contribution in [1.82, 2.24) is 5.32 Å². The number of rotatable bonds is 4. The first-order valence-corrected chi connectivity index (χ1v) is 7.83. The van der Waals surface area contributed by atoms with Crippen LogP contribution in [0.4, 0.5) is 5.69 Å². The van der Waals surface area contributed by atoms with E-state index in [0.29, 0.717) is 6.04 Å². The zero-order valence-electron chi connectivity index (χ0n) is 12.2. The van der Waals surface area contributed by atoms with Crippen LogP contribution in [0.25, 0.3) is 0 Å². The Balaban J connectivity index is 1.70. The lowest BCUT2D eigenvalue weighted by molar-refractivity contribution is 0.227. The summed E-state index contributed by atoms with van der Waals surface area (Å²) in [5.74, 6) is 0.841. The van der Waals surface area contributed by atoms with Crippen molar-refractivity contribution in [2.24, 2.45) is 5.92 Å². The topological polar surface area (TPSA) is 15.3 Å². The highest BCUT2D eigenvalue weighted by Crippen LogP contribution is 2.38. The van der Waals surface area contributed by atoms with Crippen LogP contribution in [0, 0.1) is 5.92 Å². The van der Waals surface area contributed by atoms with Crippen LogP contribution in [0.5, 0.6) is 0 Å². The molecule has 2 unspecified atom stereocenters. The summed E-state index contributed by atoms with van der Waals surface area (Å²) < 4.78 is 0. The van der Waals surface area contributed by atoms with Crippen molar-refractivity contribution in [2.75, 3.05) is 18.0 Å². The van der Waals surface area contributed by atoms with Crippen LogP contribution in [0.2, 0.25) is 0 Å². The average molecular weight is 258 g/mol. The largest absolute Gasteiger partial charge is 0.368 e. The molecule has 1 aliphatic heterocycles. The molecule has 1 heterocycles. The molecular weight excluding hydrogens is 232 g/mol. The van der Waals surface area contributed by atoms with Gasteiger partial charge in [0.1, 0.15) is 0 Å². The minimum absolute atomic E-state index is 0.606. The van der Waals surface area contributed by atoms with E-state index in [2.05, 4.69) is 48.3 Å². The van der Waals surface area contributed by atoms with E-state index >= 15 is 0 Å². The first kappa shape index (κ1) is 13.0. The SMILES string of the molecule is CC(C)NCC1CCC1N1CCCc2ccccc21. The molecule has 19 heavy (non-hydrogen) atoms. The first-order chi connectivity index (χ1) is 9.25. The third-order valence-electron chi connectivity index (χ3n) is 4.71. The van der Waals surface area contributed by atoms with Gasteiger partial charge < -0.3 is 10.2 Å². The number of nitrogens with one attached hydrogen (secondary N) is 1. The monoisotopic (exact) mass is 258 g/mol. The summed E-state index contributed by atoms with van der Waals surface area (Å²) in [5.41, 5.74) is 3.06. The van der Waals surface area contributed by atoms with Gasteiger partial charge in [-0.2, -0.15) is 0 Å². The van der Waals surface area contributed by atoms with Gasteiger partial charge in [-0.1, -0.05) is 32.0 Å². The summed E-state index contributed by atoms with van der Waals surface area (Å²) >= 11 is 0. The van der Waals surface area contributed by atoms with Crippen molar-refractivity contribution in [3.8, 4) is 0 Å². The molecular formula is C17H26N2. The molecule has 1 fully saturated rings. The van der Waals surface area contributed by atoms with Gasteiger partial charge >= 0.3 is 0 Å². The fourth-order valence-corrected chi connectivity index (χ4v) is 3.49. The normalized spacial score (nSPS) is 26.2. The molecule has 2 aliphatic rings. The van der Waals surface area contributed by atoms with Crippen LogP contribution in [-0.2, 0) is 6.42 Å². The minimum Gasteiger partial charge on any atom is -0.368 e. The summed E-state index contributed by atoms with van der Waals surface area (Å²) in [6, 6.07) is 10.4. The molecule has 2 atom stereocenters. The number of anilines is 1. The number of hydrogen-bond donors (Lipinski definition) is 1. The van der Waals surface area contributed by atoms with Crippen molar-refractivity contribution in [3.05, 3.63) is 29.8 Å². The van der Waals surface area contributed by atoms with Crippen LogP contribution < -0.4 is 10.2 Å². The summed E-state index contributed by atoms with van der Waals surface area (Å²) in [6.45, 7) is 6.91. The van der Waals surface area contributed by atoms with E-state index in [0.717, 1.165) is 12.0 Å². The molecule has 2 nitrogen and oxygen atoms in total. The van der Waals surface area contributed by atoms with Crippen molar-refractivity contribution in [2.45, 2.75) is 51.6 Å². The van der Waals surface area contributed by atoms with Gasteiger partial charge in [0.05, 0.1) is 0 Å².